The zero-order valence-corrected chi connectivity index (χ0v) is 9.16. The highest BCUT2D eigenvalue weighted by atomic mass is 16.5. The summed E-state index contributed by atoms with van der Waals surface area (Å²) in [6.07, 6.45) is 2.10. The first-order valence-corrected chi connectivity index (χ1v) is 4.99. The average Bonchev–Trinajstić information content (AvgIpc) is 2.72. The van der Waals surface area contributed by atoms with Crippen LogP contribution in [0.15, 0.2) is 36.0 Å². The molecule has 2 rings (SSSR count). The third-order valence-electron chi connectivity index (χ3n) is 2.73. The first-order chi connectivity index (χ1) is 8.69. The fourth-order valence-corrected chi connectivity index (χ4v) is 1.85. The van der Waals surface area contributed by atoms with E-state index in [9.17, 15) is 10.5 Å². The predicted octanol–water partition coefficient (Wildman–Crippen LogP) is 0.880. The first-order valence-electron chi connectivity index (χ1n) is 4.99. The van der Waals surface area contributed by atoms with E-state index in [2.05, 4.69) is 4.98 Å². The summed E-state index contributed by atoms with van der Waals surface area (Å²) in [5.74, 6) is -0.186. The highest BCUT2D eigenvalue weighted by Crippen LogP contribution is 2.48. The molecule has 0 aliphatic carbocycles. The van der Waals surface area contributed by atoms with Gasteiger partial charge in [0, 0.05) is 18.0 Å². The van der Waals surface area contributed by atoms with Crippen molar-refractivity contribution in [2.45, 2.75) is 6.10 Å². The van der Waals surface area contributed by atoms with E-state index in [1.54, 1.807) is 24.4 Å². The number of rotatable bonds is 1. The van der Waals surface area contributed by atoms with Crippen molar-refractivity contribution in [3.05, 3.63) is 41.5 Å². The number of hydrogen-bond donors (Lipinski definition) is 1. The van der Waals surface area contributed by atoms with Gasteiger partial charge in [-0.2, -0.15) is 15.8 Å². The molecule has 1 aliphatic rings. The molecule has 0 fully saturated rings. The van der Waals surface area contributed by atoms with E-state index < -0.39 is 11.5 Å². The molecule has 1 atom stereocenters. The number of ether oxygens (including phenoxy) is 1. The smallest absolute Gasteiger partial charge is 0.224 e. The van der Waals surface area contributed by atoms with Crippen molar-refractivity contribution < 1.29 is 4.74 Å². The fourth-order valence-electron chi connectivity index (χ4n) is 1.85. The monoisotopic (exact) mass is 237 g/mol. The number of nitrogens with two attached hydrogens (primary N) is 1. The summed E-state index contributed by atoms with van der Waals surface area (Å²) < 4.78 is 5.30. The lowest BCUT2D eigenvalue weighted by Crippen LogP contribution is -2.24. The van der Waals surface area contributed by atoms with Gasteiger partial charge in [0.1, 0.15) is 11.6 Å². The van der Waals surface area contributed by atoms with Crippen LogP contribution in [0.4, 0.5) is 0 Å². The lowest BCUT2D eigenvalue weighted by atomic mass is 9.77. The Morgan fingerprint density at radius 3 is 2.56 bits per heavy atom. The van der Waals surface area contributed by atoms with E-state index in [0.29, 0.717) is 5.56 Å². The zero-order valence-electron chi connectivity index (χ0n) is 9.16. The second-order valence-corrected chi connectivity index (χ2v) is 3.67. The van der Waals surface area contributed by atoms with Gasteiger partial charge in [-0.05, 0) is 6.07 Å². The zero-order chi connectivity index (χ0) is 13.2. The summed E-state index contributed by atoms with van der Waals surface area (Å²) in [7, 11) is 0. The molecule has 0 saturated heterocycles. The summed E-state index contributed by atoms with van der Waals surface area (Å²) in [6.45, 7) is 0. The average molecular weight is 237 g/mol. The normalized spacial score (nSPS) is 20.4. The van der Waals surface area contributed by atoms with Crippen LogP contribution in [0, 0.1) is 39.4 Å². The van der Waals surface area contributed by atoms with Gasteiger partial charge in [0.25, 0.3) is 0 Å². The molecule has 0 radical (unpaired) electrons. The minimum Gasteiger partial charge on any atom is -0.467 e. The van der Waals surface area contributed by atoms with Crippen LogP contribution in [0.5, 0.6) is 0 Å². The van der Waals surface area contributed by atoms with Gasteiger partial charge in [0.05, 0.1) is 12.1 Å². The summed E-state index contributed by atoms with van der Waals surface area (Å²) in [5, 5.41) is 27.5. The molecule has 0 spiro atoms. The van der Waals surface area contributed by atoms with Crippen molar-refractivity contribution in [1.82, 2.24) is 4.98 Å². The van der Waals surface area contributed by atoms with Crippen LogP contribution in [0.25, 0.3) is 0 Å². The van der Waals surface area contributed by atoms with Crippen LogP contribution >= 0.6 is 0 Å². The fraction of sp³-hybridized carbons (Fsp3) is 0.167. The standard InChI is InChI=1S/C12H7N5O/c13-4-9-11(16)18-10(12(9,6-14)7-15)8-2-1-3-17-5-8/h1-3,5,10H,16H2. The molecule has 1 aromatic rings. The molecular weight excluding hydrogens is 230 g/mol. The molecule has 0 aromatic carbocycles. The van der Waals surface area contributed by atoms with Crippen molar-refractivity contribution >= 4 is 0 Å². The summed E-state index contributed by atoms with van der Waals surface area (Å²) in [5.41, 5.74) is 4.21. The van der Waals surface area contributed by atoms with Gasteiger partial charge in [-0.1, -0.05) is 6.07 Å². The third-order valence-corrected chi connectivity index (χ3v) is 2.73. The molecule has 6 heteroatoms. The Morgan fingerprint density at radius 1 is 1.33 bits per heavy atom. The minimum absolute atomic E-state index is 0.152. The SMILES string of the molecule is N#CC1=C(N)OC(c2cccnc2)C1(C#N)C#N. The van der Waals surface area contributed by atoms with Gasteiger partial charge in [0.2, 0.25) is 11.3 Å². The molecule has 2 N–H and O–H groups in total. The van der Waals surface area contributed by atoms with Gasteiger partial charge < -0.3 is 10.5 Å². The quantitative estimate of drug-likeness (QED) is 0.774. The van der Waals surface area contributed by atoms with Crippen molar-refractivity contribution in [2.75, 3.05) is 0 Å². The Bertz CT molecular complexity index is 615. The molecular formula is C12H7N5O. The van der Waals surface area contributed by atoms with E-state index in [0.717, 1.165) is 0 Å². The number of nitriles is 3. The maximum atomic E-state index is 9.25. The molecule has 86 valence electrons. The Kier molecular flexibility index (Phi) is 2.60. The molecule has 2 heterocycles. The Morgan fingerprint density at radius 2 is 2.06 bits per heavy atom. The van der Waals surface area contributed by atoms with Gasteiger partial charge in [-0.3, -0.25) is 4.98 Å². The molecule has 0 amide bonds. The largest absolute Gasteiger partial charge is 0.467 e. The molecule has 6 nitrogen and oxygen atoms in total. The highest BCUT2D eigenvalue weighted by Gasteiger charge is 2.53. The summed E-state index contributed by atoms with van der Waals surface area (Å²) >= 11 is 0. The van der Waals surface area contributed by atoms with E-state index in [1.165, 1.54) is 6.20 Å². The number of pyridine rings is 1. The Balaban J connectivity index is 2.59. The highest BCUT2D eigenvalue weighted by molar-refractivity contribution is 5.49. The number of hydrogen-bond acceptors (Lipinski definition) is 6. The van der Waals surface area contributed by atoms with E-state index in [-0.39, 0.29) is 11.5 Å². The predicted molar refractivity (Wildman–Crippen MR) is 58.5 cm³/mol. The van der Waals surface area contributed by atoms with Gasteiger partial charge in [-0.15, -0.1) is 0 Å². The van der Waals surface area contributed by atoms with Crippen molar-refractivity contribution in [1.29, 1.82) is 15.8 Å². The second-order valence-electron chi connectivity index (χ2n) is 3.67. The summed E-state index contributed by atoms with van der Waals surface area (Å²) in [6, 6.07) is 8.75. The topological polar surface area (TPSA) is 120 Å². The van der Waals surface area contributed by atoms with Crippen molar-refractivity contribution in [3.63, 3.8) is 0 Å². The first kappa shape index (κ1) is 11.4. The molecule has 0 saturated carbocycles. The molecule has 1 aromatic heterocycles. The van der Waals surface area contributed by atoms with E-state index >= 15 is 0 Å². The Hall–Kier alpha value is -3.04. The van der Waals surface area contributed by atoms with Crippen molar-refractivity contribution in [3.8, 4) is 18.2 Å². The van der Waals surface area contributed by atoms with E-state index in [1.807, 2.05) is 12.1 Å². The van der Waals surface area contributed by atoms with Crippen LogP contribution in [0.3, 0.4) is 0 Å². The van der Waals surface area contributed by atoms with Gasteiger partial charge in [0.15, 0.2) is 6.10 Å². The van der Waals surface area contributed by atoms with Crippen LogP contribution < -0.4 is 5.73 Å². The second kappa shape index (κ2) is 4.08. The lowest BCUT2D eigenvalue weighted by molar-refractivity contribution is 0.105. The van der Waals surface area contributed by atoms with Crippen LogP contribution in [0.1, 0.15) is 11.7 Å². The molecule has 0 bridgehead atoms. The lowest BCUT2D eigenvalue weighted by Gasteiger charge is -2.20. The summed E-state index contributed by atoms with van der Waals surface area (Å²) in [4.78, 5) is 3.90. The minimum atomic E-state index is -1.72. The van der Waals surface area contributed by atoms with Crippen LogP contribution in [0.2, 0.25) is 0 Å². The van der Waals surface area contributed by atoms with Gasteiger partial charge >= 0.3 is 0 Å². The van der Waals surface area contributed by atoms with Gasteiger partial charge in [-0.25, -0.2) is 0 Å². The number of nitrogens with zero attached hydrogens (tertiary/aromatic N) is 4. The molecule has 18 heavy (non-hydrogen) atoms. The van der Waals surface area contributed by atoms with Crippen molar-refractivity contribution in [2.24, 2.45) is 11.1 Å². The number of aromatic nitrogens is 1. The third kappa shape index (κ3) is 1.36. The Labute approximate surface area is 103 Å². The molecule has 1 aliphatic heterocycles. The van der Waals surface area contributed by atoms with E-state index in [4.69, 9.17) is 15.7 Å². The maximum Gasteiger partial charge on any atom is 0.224 e. The van der Waals surface area contributed by atoms with Crippen LogP contribution in [-0.4, -0.2) is 4.98 Å². The molecule has 1 unspecified atom stereocenters. The van der Waals surface area contributed by atoms with Crippen LogP contribution in [-0.2, 0) is 4.74 Å². The maximum absolute atomic E-state index is 9.25.